The van der Waals surface area contributed by atoms with Gasteiger partial charge in [-0.3, -0.25) is 9.59 Å². The van der Waals surface area contributed by atoms with Crippen molar-refractivity contribution in [2.75, 3.05) is 18.6 Å². The maximum atomic E-state index is 11.6. The summed E-state index contributed by atoms with van der Waals surface area (Å²) >= 11 is 6.32. The van der Waals surface area contributed by atoms with Crippen molar-refractivity contribution < 1.29 is 14.3 Å². The first kappa shape index (κ1) is 14.9. The van der Waals surface area contributed by atoms with Gasteiger partial charge in [0.2, 0.25) is 5.91 Å². The molecule has 2 rings (SSSR count). The van der Waals surface area contributed by atoms with Crippen LogP contribution in [0.25, 0.3) is 0 Å². The van der Waals surface area contributed by atoms with Gasteiger partial charge in [0.1, 0.15) is 0 Å². The minimum atomic E-state index is -0.245. The van der Waals surface area contributed by atoms with Gasteiger partial charge >= 0.3 is 5.97 Å². The number of carbonyl (C=O) groups excluding carboxylic acids is 2. The molecule has 0 aromatic heterocycles. The fraction of sp³-hybridized carbons (Fsp3) is 0.467. The molecule has 0 N–H and O–H groups in total. The predicted molar refractivity (Wildman–Crippen MR) is 78.0 cm³/mol. The number of likely N-dealkylation sites (N-methyl/N-ethyl adjacent to an activating group) is 1. The molecule has 1 aromatic rings. The molecule has 0 saturated carbocycles. The fourth-order valence-corrected chi connectivity index (χ4v) is 2.57. The van der Waals surface area contributed by atoms with Crippen LogP contribution in [0.4, 0.5) is 5.69 Å². The predicted octanol–water partition coefficient (Wildman–Crippen LogP) is 2.83. The quantitative estimate of drug-likeness (QED) is 0.620. The lowest BCUT2D eigenvalue weighted by Gasteiger charge is -2.13. The highest BCUT2D eigenvalue weighted by Gasteiger charge is 2.24. The van der Waals surface area contributed by atoms with Gasteiger partial charge in [-0.2, -0.15) is 0 Å². The van der Waals surface area contributed by atoms with E-state index < -0.39 is 0 Å². The van der Waals surface area contributed by atoms with Crippen molar-refractivity contribution in [1.29, 1.82) is 0 Å². The van der Waals surface area contributed by atoms with E-state index in [0.29, 0.717) is 25.9 Å². The minimum Gasteiger partial charge on any atom is -0.466 e. The van der Waals surface area contributed by atoms with Gasteiger partial charge in [0, 0.05) is 19.2 Å². The Labute approximate surface area is 123 Å². The Hall–Kier alpha value is -1.55. The lowest BCUT2D eigenvalue weighted by Crippen LogP contribution is -2.20. The van der Waals surface area contributed by atoms with Crippen LogP contribution in [0, 0.1) is 0 Å². The van der Waals surface area contributed by atoms with Crippen molar-refractivity contribution in [2.45, 2.75) is 31.6 Å². The topological polar surface area (TPSA) is 46.6 Å². The molecular formula is C15H18ClNO3. The number of ether oxygens (including phenoxy) is 1. The van der Waals surface area contributed by atoms with E-state index in [4.69, 9.17) is 16.3 Å². The number of nitrogens with zero attached hydrogens (tertiary/aromatic N) is 1. The Kier molecular flexibility index (Phi) is 4.65. The SMILES string of the molecule is CCOC(=O)CCC(Cl)c1ccc2c(c1)CC(=O)N2C. The van der Waals surface area contributed by atoms with Gasteiger partial charge < -0.3 is 9.64 Å². The van der Waals surface area contributed by atoms with E-state index in [1.807, 2.05) is 18.2 Å². The van der Waals surface area contributed by atoms with Crippen LogP contribution in [-0.2, 0) is 20.7 Å². The van der Waals surface area contributed by atoms with Crippen LogP contribution >= 0.6 is 11.6 Å². The van der Waals surface area contributed by atoms with Gasteiger partial charge in [-0.05, 0) is 30.5 Å². The number of hydrogen-bond acceptors (Lipinski definition) is 3. The summed E-state index contributed by atoms with van der Waals surface area (Å²) in [5, 5.41) is -0.245. The van der Waals surface area contributed by atoms with Crippen molar-refractivity contribution in [3.05, 3.63) is 29.3 Å². The molecule has 1 aliphatic heterocycles. The lowest BCUT2D eigenvalue weighted by molar-refractivity contribution is -0.143. The molecule has 1 unspecified atom stereocenters. The summed E-state index contributed by atoms with van der Waals surface area (Å²) in [5.74, 6) is -0.135. The molecule has 1 heterocycles. The summed E-state index contributed by atoms with van der Waals surface area (Å²) < 4.78 is 4.88. The second-order valence-electron chi connectivity index (χ2n) is 4.83. The summed E-state index contributed by atoms with van der Waals surface area (Å²) in [5.41, 5.74) is 2.88. The van der Waals surface area contributed by atoms with E-state index >= 15 is 0 Å². The van der Waals surface area contributed by atoms with Crippen LogP contribution in [0.1, 0.15) is 36.3 Å². The molecule has 0 saturated heterocycles. The second kappa shape index (κ2) is 6.27. The van der Waals surface area contributed by atoms with Gasteiger partial charge in [-0.25, -0.2) is 0 Å². The Morgan fingerprint density at radius 1 is 1.50 bits per heavy atom. The normalized spacial score (nSPS) is 15.2. The van der Waals surface area contributed by atoms with Gasteiger partial charge in [0.25, 0.3) is 0 Å². The molecule has 108 valence electrons. The van der Waals surface area contributed by atoms with Crippen LogP contribution < -0.4 is 4.90 Å². The van der Waals surface area contributed by atoms with Crippen molar-refractivity contribution in [3.8, 4) is 0 Å². The molecule has 0 radical (unpaired) electrons. The van der Waals surface area contributed by atoms with E-state index in [0.717, 1.165) is 16.8 Å². The average Bonchev–Trinajstić information content (AvgIpc) is 2.71. The number of alkyl halides is 1. The molecule has 0 aliphatic carbocycles. The second-order valence-corrected chi connectivity index (χ2v) is 5.36. The third-order valence-corrected chi connectivity index (χ3v) is 3.92. The monoisotopic (exact) mass is 295 g/mol. The molecule has 0 bridgehead atoms. The Morgan fingerprint density at radius 2 is 2.25 bits per heavy atom. The molecule has 1 aromatic carbocycles. The van der Waals surface area contributed by atoms with Crippen molar-refractivity contribution >= 4 is 29.2 Å². The van der Waals surface area contributed by atoms with E-state index in [1.165, 1.54) is 0 Å². The largest absolute Gasteiger partial charge is 0.466 e. The number of fused-ring (bicyclic) bond motifs is 1. The summed E-state index contributed by atoms with van der Waals surface area (Å²) in [7, 11) is 1.77. The third-order valence-electron chi connectivity index (χ3n) is 3.45. The molecule has 1 amide bonds. The molecule has 0 spiro atoms. The van der Waals surface area contributed by atoms with Crippen molar-refractivity contribution in [2.24, 2.45) is 0 Å². The van der Waals surface area contributed by atoms with E-state index in [1.54, 1.807) is 18.9 Å². The van der Waals surface area contributed by atoms with Gasteiger partial charge in [0.15, 0.2) is 0 Å². The van der Waals surface area contributed by atoms with Crippen LogP contribution in [0.5, 0.6) is 0 Å². The smallest absolute Gasteiger partial charge is 0.305 e. The fourth-order valence-electron chi connectivity index (χ4n) is 2.33. The first-order valence-corrected chi connectivity index (χ1v) is 7.15. The number of rotatable bonds is 5. The highest BCUT2D eigenvalue weighted by molar-refractivity contribution is 6.21. The first-order valence-electron chi connectivity index (χ1n) is 6.72. The molecular weight excluding hydrogens is 278 g/mol. The van der Waals surface area contributed by atoms with Crippen LogP contribution in [0.15, 0.2) is 18.2 Å². The van der Waals surface area contributed by atoms with Gasteiger partial charge in [-0.15, -0.1) is 11.6 Å². The van der Waals surface area contributed by atoms with Gasteiger partial charge in [0.05, 0.1) is 18.4 Å². The number of anilines is 1. The van der Waals surface area contributed by atoms with Crippen LogP contribution in [0.3, 0.4) is 0 Å². The van der Waals surface area contributed by atoms with Crippen molar-refractivity contribution in [3.63, 3.8) is 0 Å². The maximum absolute atomic E-state index is 11.6. The molecule has 4 nitrogen and oxygen atoms in total. The number of carbonyl (C=O) groups is 2. The summed E-state index contributed by atoms with van der Waals surface area (Å²) in [6.45, 7) is 2.17. The van der Waals surface area contributed by atoms with Crippen LogP contribution in [0.2, 0.25) is 0 Å². The number of amides is 1. The summed E-state index contributed by atoms with van der Waals surface area (Å²) in [6.07, 6.45) is 1.25. The molecule has 20 heavy (non-hydrogen) atoms. The van der Waals surface area contributed by atoms with E-state index in [9.17, 15) is 9.59 Å². The lowest BCUT2D eigenvalue weighted by atomic mass is 10.0. The first-order chi connectivity index (χ1) is 9.52. The van der Waals surface area contributed by atoms with Crippen LogP contribution in [-0.4, -0.2) is 25.5 Å². The molecule has 0 fully saturated rings. The number of halogens is 1. The van der Waals surface area contributed by atoms with Gasteiger partial charge in [-0.1, -0.05) is 12.1 Å². The maximum Gasteiger partial charge on any atom is 0.305 e. The Balaban J connectivity index is 2.02. The average molecular weight is 296 g/mol. The zero-order chi connectivity index (χ0) is 14.7. The standard InChI is InChI=1S/C15H18ClNO3/c1-3-20-15(19)7-5-12(16)10-4-6-13-11(8-10)9-14(18)17(13)2/h4,6,8,12H,3,5,7,9H2,1-2H3. The Bertz CT molecular complexity index is 530. The van der Waals surface area contributed by atoms with E-state index in [-0.39, 0.29) is 17.3 Å². The van der Waals surface area contributed by atoms with Crippen molar-refractivity contribution in [1.82, 2.24) is 0 Å². The minimum absolute atomic E-state index is 0.0924. The molecule has 1 aliphatic rings. The zero-order valence-electron chi connectivity index (χ0n) is 11.7. The highest BCUT2D eigenvalue weighted by Crippen LogP contribution is 2.33. The number of esters is 1. The highest BCUT2D eigenvalue weighted by atomic mass is 35.5. The molecule has 1 atom stereocenters. The molecule has 5 heteroatoms. The Morgan fingerprint density at radius 3 is 2.95 bits per heavy atom. The zero-order valence-corrected chi connectivity index (χ0v) is 12.4. The number of benzene rings is 1. The van der Waals surface area contributed by atoms with E-state index in [2.05, 4.69) is 0 Å². The summed E-state index contributed by atoms with van der Waals surface area (Å²) in [6, 6.07) is 5.78. The summed E-state index contributed by atoms with van der Waals surface area (Å²) in [4.78, 5) is 24.6. The third kappa shape index (κ3) is 3.12. The number of hydrogen-bond donors (Lipinski definition) is 0.